The fourth-order valence-electron chi connectivity index (χ4n) is 4.49. The lowest BCUT2D eigenvalue weighted by Gasteiger charge is -2.22. The van der Waals surface area contributed by atoms with Crippen molar-refractivity contribution in [3.05, 3.63) is 106 Å². The minimum absolute atomic E-state index is 0.0763. The van der Waals surface area contributed by atoms with Gasteiger partial charge in [0.05, 0.1) is 21.8 Å². The van der Waals surface area contributed by atoms with E-state index in [0.29, 0.717) is 52.6 Å². The summed E-state index contributed by atoms with van der Waals surface area (Å²) in [7, 11) is 3.52. The summed E-state index contributed by atoms with van der Waals surface area (Å²) in [5.41, 5.74) is 3.44. The number of carbonyl (C=O) groups excluding carboxylic acids is 1. The van der Waals surface area contributed by atoms with Crippen molar-refractivity contribution < 1.29 is 13.6 Å². The van der Waals surface area contributed by atoms with Crippen LogP contribution in [0.1, 0.15) is 27.2 Å². The highest BCUT2D eigenvalue weighted by Crippen LogP contribution is 2.41. The summed E-state index contributed by atoms with van der Waals surface area (Å²) in [6.45, 7) is 1.16. The van der Waals surface area contributed by atoms with E-state index in [1.165, 1.54) is 30.5 Å². The van der Waals surface area contributed by atoms with Crippen molar-refractivity contribution in [3.63, 3.8) is 0 Å². The van der Waals surface area contributed by atoms with Crippen molar-refractivity contribution in [2.45, 2.75) is 6.42 Å². The highest BCUT2D eigenvalue weighted by Gasteiger charge is 2.27. The normalized spacial score (nSPS) is 14.2. The molecule has 0 saturated carbocycles. The number of anilines is 2. The predicted octanol–water partition coefficient (Wildman–Crippen LogP) is 6.00. The summed E-state index contributed by atoms with van der Waals surface area (Å²) in [5, 5.41) is 6.55. The number of allylic oxidation sites excluding steroid dienone is 5. The van der Waals surface area contributed by atoms with Gasteiger partial charge < -0.3 is 15.5 Å². The summed E-state index contributed by atoms with van der Waals surface area (Å²) in [6.07, 6.45) is 6.95. The first-order valence-corrected chi connectivity index (χ1v) is 13.2. The summed E-state index contributed by atoms with van der Waals surface area (Å²) >= 11 is 12.6. The quantitative estimate of drug-likeness (QED) is 0.358. The fraction of sp³-hybridized carbons (Fsp3) is 0.172. The number of likely N-dealkylation sites (N-methyl/N-ethyl adjacent to an activating group) is 2. The summed E-state index contributed by atoms with van der Waals surface area (Å²) in [6, 6.07) is 8.70. The molecule has 2 heterocycles. The number of fused-ring (bicyclic) bond motifs is 3. The van der Waals surface area contributed by atoms with E-state index in [1.54, 1.807) is 36.3 Å². The standard InChI is InChI=1S/C29H24Cl2F2N6O/c1-34-10-11-39(2)28(40)20-12-17(7-9-22(20)30)37-29-36-14-16-6-8-18-19(26-23(32)4-3-5-24(26)33)13-25(31)35-15-21(18)27(16)38-29/h3-5,7-9,12-15,34H,6,10-11H2,1-2H3,(H,36,37,38). The Bertz CT molecular complexity index is 1610. The van der Waals surface area contributed by atoms with Gasteiger partial charge in [-0.1, -0.05) is 35.3 Å². The van der Waals surface area contributed by atoms with Gasteiger partial charge in [0.2, 0.25) is 5.95 Å². The van der Waals surface area contributed by atoms with Gasteiger partial charge in [0.15, 0.2) is 0 Å². The molecule has 0 radical (unpaired) electrons. The third-order valence-corrected chi connectivity index (χ3v) is 7.07. The second-order valence-corrected chi connectivity index (χ2v) is 9.98. The molecule has 2 N–H and O–H groups in total. The lowest BCUT2D eigenvalue weighted by atomic mass is 9.84. The molecule has 0 unspecified atom stereocenters. The molecule has 0 spiro atoms. The average Bonchev–Trinajstić information content (AvgIpc) is 3.11. The maximum absolute atomic E-state index is 14.8. The van der Waals surface area contributed by atoms with Crippen molar-refractivity contribution in [3.8, 4) is 0 Å². The van der Waals surface area contributed by atoms with Crippen LogP contribution in [0.25, 0.3) is 11.1 Å². The Morgan fingerprint density at radius 1 is 1.10 bits per heavy atom. The number of nitrogens with one attached hydrogen (secondary N) is 2. The van der Waals surface area contributed by atoms with Crippen LogP contribution in [0.3, 0.4) is 0 Å². The molecule has 2 aliphatic rings. The minimum Gasteiger partial charge on any atom is -0.340 e. The number of aliphatic imine (C=N–C) groups is 1. The maximum atomic E-state index is 14.8. The predicted molar refractivity (Wildman–Crippen MR) is 155 cm³/mol. The number of halogens is 4. The lowest BCUT2D eigenvalue weighted by Crippen LogP contribution is -2.32. The maximum Gasteiger partial charge on any atom is 0.255 e. The van der Waals surface area contributed by atoms with Crippen LogP contribution in [0.5, 0.6) is 0 Å². The van der Waals surface area contributed by atoms with Gasteiger partial charge in [0.25, 0.3) is 5.91 Å². The lowest BCUT2D eigenvalue weighted by molar-refractivity contribution is 0.0797. The van der Waals surface area contributed by atoms with Gasteiger partial charge in [-0.25, -0.2) is 23.7 Å². The number of hydrogen-bond donors (Lipinski definition) is 2. The highest BCUT2D eigenvalue weighted by atomic mass is 35.5. The summed E-state index contributed by atoms with van der Waals surface area (Å²) in [5.74, 6) is -1.38. The van der Waals surface area contributed by atoms with Gasteiger partial charge in [-0.3, -0.25) is 4.79 Å². The number of benzene rings is 2. The van der Waals surface area contributed by atoms with E-state index in [4.69, 9.17) is 28.2 Å². The molecule has 0 bridgehead atoms. The van der Waals surface area contributed by atoms with Crippen LogP contribution in [0, 0.1) is 11.6 Å². The van der Waals surface area contributed by atoms with E-state index in [1.807, 2.05) is 13.1 Å². The van der Waals surface area contributed by atoms with Gasteiger partial charge in [-0.05, 0) is 61.0 Å². The Hall–Kier alpha value is -3.92. The molecular weight excluding hydrogens is 557 g/mol. The van der Waals surface area contributed by atoms with E-state index in [0.717, 1.165) is 5.56 Å². The molecule has 1 amide bonds. The fourth-order valence-corrected chi connectivity index (χ4v) is 4.85. The van der Waals surface area contributed by atoms with Gasteiger partial charge in [0.1, 0.15) is 16.8 Å². The van der Waals surface area contributed by atoms with Crippen LogP contribution < -0.4 is 10.6 Å². The third kappa shape index (κ3) is 5.54. The molecule has 2 aromatic carbocycles. The second-order valence-electron chi connectivity index (χ2n) is 9.19. The second kappa shape index (κ2) is 11.7. The number of nitrogens with zero attached hydrogens (tertiary/aromatic N) is 4. The van der Waals surface area contributed by atoms with Crippen molar-refractivity contribution in [1.82, 2.24) is 20.2 Å². The SMILES string of the molecule is CNCCN(C)C(=O)c1cc(Nc2ncc3c(n2)C2=CN=C(Cl)C=C(c4c(F)cccc4F)C2=CC3)ccc1Cl. The van der Waals surface area contributed by atoms with E-state index >= 15 is 0 Å². The molecule has 1 aliphatic carbocycles. The van der Waals surface area contributed by atoms with E-state index in [9.17, 15) is 13.6 Å². The Labute approximate surface area is 240 Å². The molecule has 0 saturated heterocycles. The molecule has 11 heteroatoms. The van der Waals surface area contributed by atoms with Crippen LogP contribution in [0.15, 0.2) is 71.5 Å². The smallest absolute Gasteiger partial charge is 0.255 e. The molecule has 5 rings (SSSR count). The summed E-state index contributed by atoms with van der Waals surface area (Å²) in [4.78, 5) is 27.9. The van der Waals surface area contributed by atoms with E-state index in [-0.39, 0.29) is 28.2 Å². The van der Waals surface area contributed by atoms with Crippen LogP contribution in [0.2, 0.25) is 5.02 Å². The topological polar surface area (TPSA) is 82.5 Å². The average molecular weight is 581 g/mol. The zero-order chi connectivity index (χ0) is 28.4. The van der Waals surface area contributed by atoms with E-state index in [2.05, 4.69) is 20.6 Å². The monoisotopic (exact) mass is 580 g/mol. The largest absolute Gasteiger partial charge is 0.340 e. The first-order valence-electron chi connectivity index (χ1n) is 12.4. The Balaban J connectivity index is 1.48. The van der Waals surface area contributed by atoms with Crippen molar-refractivity contribution in [1.29, 1.82) is 0 Å². The molecule has 3 aromatic rings. The van der Waals surface area contributed by atoms with Crippen LogP contribution >= 0.6 is 23.2 Å². The number of aromatic nitrogens is 2. The molecule has 204 valence electrons. The number of rotatable bonds is 7. The number of hydrogen-bond acceptors (Lipinski definition) is 6. The van der Waals surface area contributed by atoms with Crippen LogP contribution in [-0.2, 0) is 6.42 Å². The van der Waals surface area contributed by atoms with Gasteiger partial charge in [-0.15, -0.1) is 0 Å². The molecule has 1 aliphatic heterocycles. The Morgan fingerprint density at radius 2 is 1.88 bits per heavy atom. The van der Waals surface area contributed by atoms with Gasteiger partial charge >= 0.3 is 0 Å². The molecule has 0 fully saturated rings. The van der Waals surface area contributed by atoms with Crippen LogP contribution in [-0.4, -0.2) is 53.1 Å². The minimum atomic E-state index is -0.710. The van der Waals surface area contributed by atoms with Crippen molar-refractivity contribution in [2.75, 3.05) is 32.5 Å². The highest BCUT2D eigenvalue weighted by molar-refractivity contribution is 6.69. The Morgan fingerprint density at radius 3 is 2.62 bits per heavy atom. The molecule has 1 aromatic heterocycles. The van der Waals surface area contributed by atoms with Gasteiger partial charge in [0, 0.05) is 49.4 Å². The number of carbonyl (C=O) groups is 1. The number of amides is 1. The molecular formula is C29H24Cl2F2N6O. The van der Waals surface area contributed by atoms with Gasteiger partial charge in [-0.2, -0.15) is 0 Å². The third-order valence-electron chi connectivity index (χ3n) is 6.54. The first-order chi connectivity index (χ1) is 19.3. The first kappa shape index (κ1) is 27.6. The molecule has 40 heavy (non-hydrogen) atoms. The zero-order valence-corrected chi connectivity index (χ0v) is 23.1. The van der Waals surface area contributed by atoms with Crippen molar-refractivity contribution >= 4 is 57.1 Å². The Kier molecular flexibility index (Phi) is 8.07. The summed E-state index contributed by atoms with van der Waals surface area (Å²) < 4.78 is 29.6. The van der Waals surface area contributed by atoms with Crippen LogP contribution in [0.4, 0.5) is 20.4 Å². The van der Waals surface area contributed by atoms with E-state index < -0.39 is 11.6 Å². The molecule has 7 nitrogen and oxygen atoms in total. The molecule has 0 atom stereocenters. The zero-order valence-electron chi connectivity index (χ0n) is 21.6. The van der Waals surface area contributed by atoms with Crippen molar-refractivity contribution in [2.24, 2.45) is 4.99 Å².